The molecule has 4 heterocycles. The van der Waals surface area contributed by atoms with Crippen LogP contribution in [-0.4, -0.2) is 24.1 Å². The molecule has 0 unspecified atom stereocenters. The Morgan fingerprint density at radius 1 is 0.404 bits per heavy atom. The SMILES string of the molecule is [2H]c1c([2H])c([2H])c(-c2nc(-c3ccc4c(c3)sc3cccc(-n5c6ccccc6c6cc7c8ccccc8n(-c8ccccc8)c7cc65)c34)nc(-c3c([2H])c([2H])c([2H])c([2H])c3[2H])n2)c([2H])c1[2H]. The van der Waals surface area contributed by atoms with Crippen LogP contribution in [0, 0.1) is 0 Å². The molecular formula is C51H31N5S. The lowest BCUT2D eigenvalue weighted by Crippen LogP contribution is -2.00. The number of hydrogen-bond donors (Lipinski definition) is 0. The zero-order valence-corrected chi connectivity index (χ0v) is 30.6. The molecule has 0 N–H and O–H groups in total. The van der Waals surface area contributed by atoms with Crippen molar-refractivity contribution in [3.05, 3.63) is 188 Å². The molecule has 0 spiro atoms. The fraction of sp³-hybridized carbons (Fsp3) is 0. The van der Waals surface area contributed by atoms with E-state index in [-0.39, 0.29) is 28.6 Å². The van der Waals surface area contributed by atoms with Crippen molar-refractivity contribution < 1.29 is 13.7 Å². The number of hydrogen-bond acceptors (Lipinski definition) is 4. The van der Waals surface area contributed by atoms with Gasteiger partial charge in [-0.1, -0.05) is 133 Å². The summed E-state index contributed by atoms with van der Waals surface area (Å²) in [5.41, 5.74) is 6.18. The fourth-order valence-corrected chi connectivity index (χ4v) is 9.30. The van der Waals surface area contributed by atoms with Crippen LogP contribution in [0.2, 0.25) is 0 Å². The van der Waals surface area contributed by atoms with Crippen molar-refractivity contribution in [1.29, 1.82) is 0 Å². The van der Waals surface area contributed by atoms with Crippen LogP contribution in [0.25, 0.3) is 109 Å². The molecule has 0 aliphatic heterocycles. The summed E-state index contributed by atoms with van der Waals surface area (Å²) in [7, 11) is 0. The zero-order valence-electron chi connectivity index (χ0n) is 39.8. The first-order valence-corrected chi connectivity index (χ1v) is 19.1. The van der Waals surface area contributed by atoms with Crippen molar-refractivity contribution in [1.82, 2.24) is 24.1 Å². The highest BCUT2D eigenvalue weighted by Gasteiger charge is 2.21. The van der Waals surface area contributed by atoms with Crippen LogP contribution in [0.1, 0.15) is 13.7 Å². The lowest BCUT2D eigenvalue weighted by atomic mass is 10.1. The maximum Gasteiger partial charge on any atom is 0.164 e. The maximum absolute atomic E-state index is 8.74. The molecule has 0 amide bonds. The second-order valence-electron chi connectivity index (χ2n) is 13.7. The van der Waals surface area contributed by atoms with Gasteiger partial charge in [0, 0.05) is 64.1 Å². The number of rotatable bonds is 5. The van der Waals surface area contributed by atoms with E-state index in [0.717, 1.165) is 69.8 Å². The van der Waals surface area contributed by atoms with Gasteiger partial charge in [0.2, 0.25) is 0 Å². The first-order chi connectivity index (χ1) is 32.4. The van der Waals surface area contributed by atoms with Gasteiger partial charge in [-0.15, -0.1) is 11.3 Å². The monoisotopic (exact) mass is 755 g/mol. The van der Waals surface area contributed by atoms with Crippen LogP contribution in [0.5, 0.6) is 0 Å². The van der Waals surface area contributed by atoms with Gasteiger partial charge in [0.05, 0.1) is 41.5 Å². The van der Waals surface area contributed by atoms with Crippen molar-refractivity contribution in [2.75, 3.05) is 0 Å². The van der Waals surface area contributed by atoms with Gasteiger partial charge in [-0.25, -0.2) is 15.0 Å². The van der Waals surface area contributed by atoms with Crippen LogP contribution in [-0.2, 0) is 0 Å². The number of para-hydroxylation sites is 3. The van der Waals surface area contributed by atoms with Gasteiger partial charge in [-0.3, -0.25) is 0 Å². The predicted octanol–water partition coefficient (Wildman–Crippen LogP) is 13.4. The van der Waals surface area contributed by atoms with Gasteiger partial charge in [0.25, 0.3) is 0 Å². The average molecular weight is 756 g/mol. The minimum Gasteiger partial charge on any atom is -0.309 e. The smallest absolute Gasteiger partial charge is 0.164 e. The predicted molar refractivity (Wildman–Crippen MR) is 238 cm³/mol. The topological polar surface area (TPSA) is 48.5 Å². The third-order valence-corrected chi connectivity index (χ3v) is 11.7. The molecule has 57 heavy (non-hydrogen) atoms. The van der Waals surface area contributed by atoms with E-state index < -0.39 is 60.4 Å². The standard InChI is InChI=1S/C51H31N5S/c1-4-15-32(16-5-1)49-52-50(33-17-6-2-7-18-33)54-51(53-49)34-27-28-38-47(29-34)57-46-26-14-25-43(48(38)46)56-42-24-13-11-22-37(42)40-30-39-36-21-10-12-23-41(36)55(44(39)31-45(40)56)35-19-8-3-9-20-35/h1-31H/i1D,2D,4D,5D,6D,7D,15D,16D,17D,18D. The molecule has 0 bridgehead atoms. The summed E-state index contributed by atoms with van der Waals surface area (Å²) in [6.45, 7) is 0. The third-order valence-electron chi connectivity index (χ3n) is 10.5. The van der Waals surface area contributed by atoms with E-state index in [1.54, 1.807) is 11.3 Å². The summed E-state index contributed by atoms with van der Waals surface area (Å²) in [5, 5.41) is 6.54. The van der Waals surface area contributed by atoms with Gasteiger partial charge in [0.15, 0.2) is 17.5 Å². The van der Waals surface area contributed by atoms with Crippen LogP contribution in [0.15, 0.2) is 188 Å². The fourth-order valence-electron chi connectivity index (χ4n) is 8.13. The van der Waals surface area contributed by atoms with Crippen molar-refractivity contribution in [3.8, 4) is 45.5 Å². The Balaban J connectivity index is 1.09. The Labute approximate surface area is 345 Å². The van der Waals surface area contributed by atoms with Crippen molar-refractivity contribution >= 4 is 75.1 Å². The van der Waals surface area contributed by atoms with E-state index in [1.807, 2.05) is 24.3 Å². The summed E-state index contributed by atoms with van der Waals surface area (Å²) in [4.78, 5) is 13.8. The Kier molecular flexibility index (Phi) is 5.18. The molecule has 4 aromatic heterocycles. The first-order valence-electron chi connectivity index (χ1n) is 23.3. The minimum atomic E-state index is -0.601. The van der Waals surface area contributed by atoms with E-state index in [4.69, 9.17) is 13.7 Å². The molecule has 0 radical (unpaired) electrons. The maximum atomic E-state index is 8.74. The quantitative estimate of drug-likeness (QED) is 0.176. The molecule has 0 saturated heterocycles. The van der Waals surface area contributed by atoms with Crippen molar-refractivity contribution in [3.63, 3.8) is 0 Å². The second kappa shape index (κ2) is 12.6. The Hall–Kier alpha value is -7.41. The Bertz CT molecular complexity index is 3980. The first kappa shape index (κ1) is 23.5. The molecule has 0 aliphatic rings. The summed E-state index contributed by atoms with van der Waals surface area (Å²) in [5.74, 6) is -0.609. The molecule has 0 saturated carbocycles. The van der Waals surface area contributed by atoms with E-state index in [9.17, 15) is 0 Å². The molecule has 6 heteroatoms. The molecule has 0 fully saturated rings. The van der Waals surface area contributed by atoms with Gasteiger partial charge >= 0.3 is 0 Å². The van der Waals surface area contributed by atoms with Crippen LogP contribution in [0.3, 0.4) is 0 Å². The lowest BCUT2D eigenvalue weighted by Gasteiger charge is -2.12. The van der Waals surface area contributed by atoms with E-state index in [1.165, 1.54) is 5.39 Å². The molecular weight excluding hydrogens is 715 g/mol. The normalized spacial score (nSPS) is 14.3. The van der Waals surface area contributed by atoms with Crippen LogP contribution < -0.4 is 0 Å². The third kappa shape index (κ3) is 4.98. The van der Waals surface area contributed by atoms with Crippen molar-refractivity contribution in [2.24, 2.45) is 0 Å². The largest absolute Gasteiger partial charge is 0.309 e. The Morgan fingerprint density at radius 3 is 1.65 bits per heavy atom. The number of thiophene rings is 1. The molecule has 12 rings (SSSR count). The number of aromatic nitrogens is 5. The number of benzene rings is 8. The summed E-state index contributed by atoms with van der Waals surface area (Å²) >= 11 is 1.57. The van der Waals surface area contributed by atoms with Crippen LogP contribution in [0.4, 0.5) is 0 Å². The van der Waals surface area contributed by atoms with Gasteiger partial charge in [-0.05, 0) is 54.6 Å². The summed E-state index contributed by atoms with van der Waals surface area (Å²) < 4.78 is 91.3. The van der Waals surface area contributed by atoms with Gasteiger partial charge in [-0.2, -0.15) is 0 Å². The number of nitrogens with zero attached hydrogens (tertiary/aromatic N) is 5. The molecule has 12 aromatic rings. The second-order valence-corrected chi connectivity index (χ2v) is 14.8. The van der Waals surface area contributed by atoms with E-state index >= 15 is 0 Å². The molecule has 8 aromatic carbocycles. The van der Waals surface area contributed by atoms with Crippen LogP contribution >= 0.6 is 11.3 Å². The van der Waals surface area contributed by atoms with E-state index in [0.29, 0.717) is 5.56 Å². The highest BCUT2D eigenvalue weighted by atomic mass is 32.1. The van der Waals surface area contributed by atoms with E-state index in [2.05, 4.69) is 127 Å². The zero-order chi connectivity index (χ0) is 46.2. The molecule has 0 atom stereocenters. The Morgan fingerprint density at radius 2 is 0.982 bits per heavy atom. The lowest BCUT2D eigenvalue weighted by molar-refractivity contribution is 1.07. The molecule has 266 valence electrons. The van der Waals surface area contributed by atoms with Gasteiger partial charge < -0.3 is 9.13 Å². The summed E-state index contributed by atoms with van der Waals surface area (Å²) in [6, 6.07) is 38.1. The molecule has 0 aliphatic carbocycles. The molecule has 5 nitrogen and oxygen atoms in total. The van der Waals surface area contributed by atoms with Gasteiger partial charge in [0.1, 0.15) is 0 Å². The number of fused-ring (bicyclic) bond motifs is 9. The highest BCUT2D eigenvalue weighted by Crippen LogP contribution is 2.44. The summed E-state index contributed by atoms with van der Waals surface area (Å²) in [6.07, 6.45) is 0. The minimum absolute atomic E-state index is 0.0124. The van der Waals surface area contributed by atoms with Crippen molar-refractivity contribution in [2.45, 2.75) is 0 Å². The average Bonchev–Trinajstić information content (AvgIpc) is 4.00. The highest BCUT2D eigenvalue weighted by molar-refractivity contribution is 7.26.